The summed E-state index contributed by atoms with van der Waals surface area (Å²) in [6.07, 6.45) is 7.03. The van der Waals surface area contributed by atoms with E-state index < -0.39 is 32.3 Å². The van der Waals surface area contributed by atoms with Gasteiger partial charge in [-0.1, -0.05) is 22.7 Å². The van der Waals surface area contributed by atoms with E-state index in [0.29, 0.717) is 48.3 Å². The number of sulfonamides is 2. The Morgan fingerprint density at radius 3 is 1.68 bits per heavy atom. The minimum atomic E-state index is -3.79. The highest BCUT2D eigenvalue weighted by Crippen LogP contribution is 2.30. The van der Waals surface area contributed by atoms with Crippen LogP contribution in [0, 0.1) is 0 Å². The first kappa shape index (κ1) is 42.6. The van der Waals surface area contributed by atoms with Crippen LogP contribution in [0.5, 0.6) is 0 Å². The Morgan fingerprint density at radius 2 is 1.18 bits per heavy atom. The Bertz CT molecular complexity index is 2490. The Kier molecular flexibility index (Phi) is 14.3. The number of nitrogens with one attached hydrogen (secondary N) is 5. The summed E-state index contributed by atoms with van der Waals surface area (Å²) in [5.41, 5.74) is 1.29. The highest BCUT2D eigenvalue weighted by molar-refractivity contribution is 7.99. The summed E-state index contributed by atoms with van der Waals surface area (Å²) in [6.45, 7) is 0.968. The van der Waals surface area contributed by atoms with E-state index in [1.165, 1.54) is 60.7 Å². The molecule has 7 N–H and O–H groups in total. The van der Waals surface area contributed by atoms with Gasteiger partial charge in [0.25, 0.3) is 0 Å². The molecule has 0 saturated carbocycles. The SMILES string of the molecule is CSc1cnc(NC[C@H](O)CNc2nc3ccc(S(=O)(=O)NCCSc4cnc(NC[C@@H](O)CNc5nc6ccc(S(=O)(=O)N(C)C)cc6s5)nc4)cc3s2)nc1. The lowest BCUT2D eigenvalue weighted by Crippen LogP contribution is -2.28. The zero-order valence-corrected chi connectivity index (χ0v) is 35.7. The van der Waals surface area contributed by atoms with Crippen LogP contribution in [0.1, 0.15) is 0 Å². The number of hydrogen-bond acceptors (Lipinski definition) is 20. The van der Waals surface area contributed by atoms with Crippen molar-refractivity contribution in [2.75, 3.05) is 80.1 Å². The maximum atomic E-state index is 13.1. The molecule has 2 atom stereocenters. The first-order valence-electron chi connectivity index (χ1n) is 17.1. The van der Waals surface area contributed by atoms with Gasteiger partial charge in [0, 0.05) is 87.2 Å². The zero-order valence-electron chi connectivity index (χ0n) is 30.8. The maximum Gasteiger partial charge on any atom is 0.242 e. The molecular formula is C33H40N12O6S6. The molecule has 0 spiro atoms. The van der Waals surface area contributed by atoms with Crippen molar-refractivity contribution >= 4 is 109 Å². The van der Waals surface area contributed by atoms with Gasteiger partial charge in [0.15, 0.2) is 10.3 Å². The van der Waals surface area contributed by atoms with E-state index in [-0.39, 0.29) is 42.5 Å². The summed E-state index contributed by atoms with van der Waals surface area (Å²) in [5, 5.41) is 34.1. The van der Waals surface area contributed by atoms with Crippen molar-refractivity contribution in [3.8, 4) is 0 Å². The summed E-state index contributed by atoms with van der Waals surface area (Å²) in [5.74, 6) is 1.18. The smallest absolute Gasteiger partial charge is 0.242 e. The lowest BCUT2D eigenvalue weighted by Gasteiger charge is -2.12. The number of aliphatic hydroxyl groups is 2. The molecule has 6 aromatic rings. The number of rotatable bonds is 21. The van der Waals surface area contributed by atoms with Gasteiger partial charge in [-0.2, -0.15) is 0 Å². The van der Waals surface area contributed by atoms with Crippen LogP contribution in [0.4, 0.5) is 22.2 Å². The molecule has 0 unspecified atom stereocenters. The second kappa shape index (κ2) is 19.2. The summed E-state index contributed by atoms with van der Waals surface area (Å²) in [7, 11) is -4.39. The highest BCUT2D eigenvalue weighted by Gasteiger charge is 2.19. The largest absolute Gasteiger partial charge is 0.389 e. The van der Waals surface area contributed by atoms with E-state index in [2.05, 4.69) is 55.9 Å². The van der Waals surface area contributed by atoms with Gasteiger partial charge in [0.1, 0.15) is 0 Å². The van der Waals surface area contributed by atoms with Gasteiger partial charge in [-0.05, 0) is 42.7 Å². The average Bonchev–Trinajstić information content (AvgIpc) is 3.83. The van der Waals surface area contributed by atoms with Crippen LogP contribution in [0.3, 0.4) is 0 Å². The quantitative estimate of drug-likeness (QED) is 0.0405. The van der Waals surface area contributed by atoms with E-state index in [9.17, 15) is 27.0 Å². The van der Waals surface area contributed by atoms with Gasteiger partial charge in [-0.15, -0.1) is 23.5 Å². The number of fused-ring (bicyclic) bond motifs is 2. The van der Waals surface area contributed by atoms with Crippen LogP contribution in [-0.2, 0) is 20.0 Å². The minimum Gasteiger partial charge on any atom is -0.389 e. The molecule has 0 saturated heterocycles. The molecule has 0 aliphatic heterocycles. The molecule has 57 heavy (non-hydrogen) atoms. The third-order valence-electron chi connectivity index (χ3n) is 7.93. The zero-order chi connectivity index (χ0) is 40.6. The van der Waals surface area contributed by atoms with Crippen molar-refractivity contribution in [1.82, 2.24) is 38.9 Å². The molecule has 0 aliphatic rings. The molecule has 24 heteroatoms. The molecule has 0 fully saturated rings. The number of thioether (sulfide) groups is 2. The maximum absolute atomic E-state index is 13.1. The normalized spacial score (nSPS) is 13.2. The molecule has 0 aliphatic carbocycles. The second-order valence-corrected chi connectivity index (χ2v) is 20.4. The number of aliphatic hydroxyl groups excluding tert-OH is 2. The lowest BCUT2D eigenvalue weighted by atomic mass is 10.3. The van der Waals surface area contributed by atoms with E-state index in [1.54, 1.807) is 60.8 Å². The molecule has 4 heterocycles. The first-order valence-corrected chi connectivity index (χ1v) is 23.9. The fourth-order valence-electron chi connectivity index (χ4n) is 4.90. The molecular weight excluding hydrogens is 853 g/mol. The van der Waals surface area contributed by atoms with Crippen LogP contribution >= 0.6 is 46.2 Å². The lowest BCUT2D eigenvalue weighted by molar-refractivity contribution is 0.200. The fraction of sp³-hybridized carbons (Fsp3) is 0.333. The van der Waals surface area contributed by atoms with Crippen LogP contribution in [-0.4, -0.2) is 132 Å². The standard InChI is InChI=1S/C33H40N12O6S6/c1-45(2)57(50,51)25-5-7-27-29(11-25)55-33(44-27)41-15-21(47)13-35-31-38-18-23(19-39-31)53-9-8-42-56(48,49)24-4-6-26-28(10-24)54-32(43-26)40-14-20(46)12-34-30-36-16-22(52-3)17-37-30/h4-7,10-11,16-21,42,46-47H,8-9,12-15H2,1-3H3,(H,40,43)(H,41,44)(H,34,36,37)(H,35,38,39)/t20-,21+/m0/s1. The summed E-state index contributed by atoms with van der Waals surface area (Å²) >= 11 is 5.51. The van der Waals surface area contributed by atoms with Crippen molar-refractivity contribution in [2.45, 2.75) is 31.8 Å². The third-order valence-corrected chi connectivity index (χ3v) is 14.8. The minimum absolute atomic E-state index is 0.120. The Balaban J connectivity index is 0.894. The number of anilines is 4. The molecule has 6 rings (SSSR count). The van der Waals surface area contributed by atoms with Crippen molar-refractivity contribution in [3.05, 3.63) is 61.2 Å². The van der Waals surface area contributed by atoms with Gasteiger partial charge in [0.05, 0.1) is 42.4 Å². The Labute approximate surface area is 345 Å². The molecule has 0 amide bonds. The van der Waals surface area contributed by atoms with Crippen LogP contribution < -0.4 is 26.0 Å². The molecule has 0 radical (unpaired) electrons. The van der Waals surface area contributed by atoms with Crippen molar-refractivity contribution in [2.24, 2.45) is 0 Å². The number of hydrogen-bond donors (Lipinski definition) is 7. The van der Waals surface area contributed by atoms with E-state index >= 15 is 0 Å². The van der Waals surface area contributed by atoms with Gasteiger partial charge in [0.2, 0.25) is 31.9 Å². The van der Waals surface area contributed by atoms with E-state index in [1.807, 2.05) is 6.26 Å². The number of benzene rings is 2. The van der Waals surface area contributed by atoms with E-state index in [0.717, 1.165) is 14.1 Å². The molecule has 304 valence electrons. The number of thiazole rings is 2. The van der Waals surface area contributed by atoms with Crippen molar-refractivity contribution in [3.63, 3.8) is 0 Å². The summed E-state index contributed by atoms with van der Waals surface area (Å²) < 4.78 is 56.2. The van der Waals surface area contributed by atoms with Crippen molar-refractivity contribution in [1.29, 1.82) is 0 Å². The Hall–Kier alpha value is -3.98. The van der Waals surface area contributed by atoms with Crippen molar-refractivity contribution < 1.29 is 27.0 Å². The molecule has 18 nitrogen and oxygen atoms in total. The predicted molar refractivity (Wildman–Crippen MR) is 228 cm³/mol. The van der Waals surface area contributed by atoms with Gasteiger partial charge < -0.3 is 31.5 Å². The molecule has 0 bridgehead atoms. The highest BCUT2D eigenvalue weighted by atomic mass is 32.2. The predicted octanol–water partition coefficient (Wildman–Crippen LogP) is 3.30. The van der Waals surface area contributed by atoms with Gasteiger partial charge >= 0.3 is 0 Å². The summed E-state index contributed by atoms with van der Waals surface area (Å²) in [4.78, 5) is 27.9. The second-order valence-electron chi connectivity index (χ2n) is 12.4. The topological polar surface area (TPSA) is 249 Å². The van der Waals surface area contributed by atoms with Crippen LogP contribution in [0.25, 0.3) is 20.4 Å². The number of aromatic nitrogens is 6. The molecule has 2 aromatic carbocycles. The summed E-state index contributed by atoms with van der Waals surface area (Å²) in [6, 6.07) is 9.50. The van der Waals surface area contributed by atoms with E-state index in [4.69, 9.17) is 0 Å². The van der Waals surface area contributed by atoms with Crippen LogP contribution in [0.2, 0.25) is 0 Å². The first-order chi connectivity index (χ1) is 27.3. The third kappa shape index (κ3) is 11.6. The van der Waals surface area contributed by atoms with Gasteiger partial charge in [-0.25, -0.2) is 55.8 Å². The average molecular weight is 893 g/mol. The number of nitrogens with zero attached hydrogens (tertiary/aromatic N) is 7. The van der Waals surface area contributed by atoms with Gasteiger partial charge in [-0.3, -0.25) is 0 Å². The van der Waals surface area contributed by atoms with Crippen LogP contribution in [0.15, 0.2) is 80.8 Å². The monoisotopic (exact) mass is 892 g/mol. The fourth-order valence-corrected chi connectivity index (χ4v) is 9.99. The Morgan fingerprint density at radius 1 is 0.702 bits per heavy atom. The molecule has 4 aromatic heterocycles.